The number of amides is 1. The van der Waals surface area contributed by atoms with E-state index in [1.54, 1.807) is 11.6 Å². The number of aliphatic carboxylic acids is 1. The summed E-state index contributed by atoms with van der Waals surface area (Å²) in [6.07, 6.45) is 3.60. The average Bonchev–Trinajstić information content (AvgIpc) is 2.94. The van der Waals surface area contributed by atoms with Crippen molar-refractivity contribution in [2.75, 3.05) is 5.75 Å². The van der Waals surface area contributed by atoms with E-state index in [0.29, 0.717) is 11.3 Å². The van der Waals surface area contributed by atoms with Gasteiger partial charge in [0.25, 0.3) is 0 Å². The summed E-state index contributed by atoms with van der Waals surface area (Å²) < 4.78 is 0. The van der Waals surface area contributed by atoms with E-state index in [4.69, 9.17) is 11.5 Å². The minimum atomic E-state index is -1.10. The number of allylic oxidation sites excluding steroid dienone is 1. The minimum absolute atomic E-state index is 0. The van der Waals surface area contributed by atoms with Crippen LogP contribution in [0.5, 0.6) is 0 Å². The van der Waals surface area contributed by atoms with Crippen LogP contribution in [-0.2, 0) is 9.59 Å². The SMILES string of the molecule is CC(C)(C)N.Cc1ncsc1/C=C\C1=C(C(=O)O)N2C(=O)C(N)[C@@H]2SC1. The number of thiazole rings is 1. The molecule has 0 bridgehead atoms. The van der Waals surface area contributed by atoms with Crippen molar-refractivity contribution >= 4 is 41.1 Å². The first-order chi connectivity index (χ1) is 12.0. The van der Waals surface area contributed by atoms with Crippen molar-refractivity contribution in [1.29, 1.82) is 0 Å². The third-order valence-electron chi connectivity index (χ3n) is 3.46. The molecule has 1 unspecified atom stereocenters. The Hall–Kier alpha value is -1.68. The maximum Gasteiger partial charge on any atom is 0.352 e. The van der Waals surface area contributed by atoms with Crippen molar-refractivity contribution < 1.29 is 14.7 Å². The van der Waals surface area contributed by atoms with Gasteiger partial charge in [-0.3, -0.25) is 9.69 Å². The summed E-state index contributed by atoms with van der Waals surface area (Å²) >= 11 is 2.98. The van der Waals surface area contributed by atoms with Crippen LogP contribution in [-0.4, -0.2) is 49.6 Å². The molecule has 2 aliphatic rings. The number of hydrogen-bond acceptors (Lipinski definition) is 7. The fraction of sp³-hybridized carbons (Fsp3) is 0.471. The number of thioether (sulfide) groups is 1. The Morgan fingerprint density at radius 3 is 2.54 bits per heavy atom. The van der Waals surface area contributed by atoms with Crippen molar-refractivity contribution in [1.82, 2.24) is 9.88 Å². The molecule has 142 valence electrons. The molecule has 2 atom stereocenters. The van der Waals surface area contributed by atoms with Gasteiger partial charge < -0.3 is 16.6 Å². The highest BCUT2D eigenvalue weighted by atomic mass is 32.2. The summed E-state index contributed by atoms with van der Waals surface area (Å²) in [5.74, 6) is -0.899. The molecule has 26 heavy (non-hydrogen) atoms. The molecule has 1 aromatic heterocycles. The van der Waals surface area contributed by atoms with Gasteiger partial charge in [0.2, 0.25) is 5.91 Å². The molecular formula is C17H24N4O3S2. The lowest BCUT2D eigenvalue weighted by atomic mass is 10.0. The molecule has 1 fully saturated rings. The molecule has 7 nitrogen and oxygen atoms in total. The monoisotopic (exact) mass is 396 g/mol. The van der Waals surface area contributed by atoms with Crippen LogP contribution in [0.4, 0.5) is 0 Å². The van der Waals surface area contributed by atoms with E-state index in [-0.39, 0.29) is 22.5 Å². The van der Waals surface area contributed by atoms with Crippen molar-refractivity contribution in [3.8, 4) is 0 Å². The molecule has 5 N–H and O–H groups in total. The summed E-state index contributed by atoms with van der Waals surface area (Å²) in [6, 6.07) is -0.598. The molecule has 2 aliphatic heterocycles. The number of carboxylic acids is 1. The fourth-order valence-electron chi connectivity index (χ4n) is 2.32. The highest BCUT2D eigenvalue weighted by Gasteiger charge is 2.51. The zero-order valence-electron chi connectivity index (χ0n) is 15.2. The molecule has 1 aromatic rings. The van der Waals surface area contributed by atoms with Gasteiger partial charge in [-0.25, -0.2) is 9.78 Å². The molecule has 3 heterocycles. The Morgan fingerprint density at radius 1 is 1.42 bits per heavy atom. The highest BCUT2D eigenvalue weighted by Crippen LogP contribution is 2.39. The van der Waals surface area contributed by atoms with Crippen LogP contribution >= 0.6 is 23.1 Å². The van der Waals surface area contributed by atoms with Gasteiger partial charge in [0.1, 0.15) is 17.1 Å². The molecule has 0 spiro atoms. The molecule has 9 heteroatoms. The lowest BCUT2D eigenvalue weighted by Crippen LogP contribution is -2.68. The normalized spacial score (nSPS) is 22.7. The summed E-state index contributed by atoms with van der Waals surface area (Å²) in [5.41, 5.74) is 14.4. The van der Waals surface area contributed by atoms with Gasteiger partial charge >= 0.3 is 5.97 Å². The first kappa shape index (κ1) is 20.6. The van der Waals surface area contributed by atoms with Gasteiger partial charge in [-0.15, -0.1) is 23.1 Å². The van der Waals surface area contributed by atoms with Crippen LogP contribution in [0, 0.1) is 6.92 Å². The second kappa shape index (κ2) is 7.91. The molecule has 0 aromatic carbocycles. The van der Waals surface area contributed by atoms with Crippen LogP contribution in [0.3, 0.4) is 0 Å². The van der Waals surface area contributed by atoms with Gasteiger partial charge in [0.05, 0.1) is 11.2 Å². The quantitative estimate of drug-likeness (QED) is 0.666. The van der Waals surface area contributed by atoms with Crippen molar-refractivity contribution in [3.05, 3.63) is 33.4 Å². The van der Waals surface area contributed by atoms with Crippen LogP contribution in [0.25, 0.3) is 6.08 Å². The third-order valence-corrected chi connectivity index (χ3v) is 5.68. The van der Waals surface area contributed by atoms with Crippen LogP contribution < -0.4 is 11.5 Å². The minimum Gasteiger partial charge on any atom is -0.477 e. The van der Waals surface area contributed by atoms with E-state index in [0.717, 1.165) is 10.6 Å². The first-order valence-electron chi connectivity index (χ1n) is 8.04. The largest absolute Gasteiger partial charge is 0.477 e. The van der Waals surface area contributed by atoms with E-state index < -0.39 is 12.0 Å². The fourth-order valence-corrected chi connectivity index (χ4v) is 4.27. The van der Waals surface area contributed by atoms with Gasteiger partial charge in [-0.1, -0.05) is 6.08 Å². The number of carbonyl (C=O) groups is 2. The number of aromatic nitrogens is 1. The van der Waals surface area contributed by atoms with Gasteiger partial charge in [0, 0.05) is 16.2 Å². The van der Waals surface area contributed by atoms with Crippen molar-refractivity contribution in [3.63, 3.8) is 0 Å². The standard InChI is InChI=1S/C13H13N3O3S2.C4H11N/c1-6-8(21-5-15-6)3-2-7-4-20-12-9(14)11(17)16(12)10(7)13(18)19;1-4(2,3)5/h2-3,5,9,12H,4,14H2,1H3,(H,18,19);5H2,1-3H3/b3-2-;/t9?,12-;/m0./s1. The second-order valence-corrected chi connectivity index (χ2v) is 9.11. The first-order valence-corrected chi connectivity index (χ1v) is 9.97. The Labute approximate surface area is 161 Å². The lowest BCUT2D eigenvalue weighted by Gasteiger charge is -2.47. The number of rotatable bonds is 3. The summed E-state index contributed by atoms with van der Waals surface area (Å²) in [6.45, 7) is 7.79. The van der Waals surface area contributed by atoms with Gasteiger partial charge in [-0.2, -0.15) is 0 Å². The number of β-lactam (4-membered cyclic amide) rings is 1. The predicted octanol–water partition coefficient (Wildman–Crippen LogP) is 1.79. The van der Waals surface area contributed by atoms with E-state index in [1.165, 1.54) is 28.0 Å². The number of hydrogen-bond donors (Lipinski definition) is 3. The molecular weight excluding hydrogens is 372 g/mol. The van der Waals surface area contributed by atoms with E-state index in [1.807, 2.05) is 33.8 Å². The summed E-state index contributed by atoms with van der Waals surface area (Å²) in [7, 11) is 0. The van der Waals surface area contributed by atoms with Crippen molar-refractivity contribution in [2.24, 2.45) is 11.5 Å². The zero-order chi connectivity index (χ0) is 19.6. The Morgan fingerprint density at radius 2 is 2.04 bits per heavy atom. The molecule has 0 saturated carbocycles. The van der Waals surface area contributed by atoms with E-state index >= 15 is 0 Å². The topological polar surface area (TPSA) is 123 Å². The maximum absolute atomic E-state index is 11.8. The van der Waals surface area contributed by atoms with E-state index in [2.05, 4.69) is 4.98 Å². The third kappa shape index (κ3) is 4.73. The van der Waals surface area contributed by atoms with Crippen LogP contribution in [0.2, 0.25) is 0 Å². The number of fused-ring (bicyclic) bond motifs is 1. The zero-order valence-corrected chi connectivity index (χ0v) is 16.9. The Kier molecular flexibility index (Phi) is 6.28. The number of nitrogens with two attached hydrogens (primary N) is 2. The summed E-state index contributed by atoms with van der Waals surface area (Å²) in [5, 5.41) is 9.14. The Bertz CT molecular complexity index is 758. The van der Waals surface area contributed by atoms with Crippen LogP contribution in [0.15, 0.2) is 22.9 Å². The maximum atomic E-state index is 11.8. The predicted molar refractivity (Wildman–Crippen MR) is 106 cm³/mol. The molecule has 0 aliphatic carbocycles. The number of carboxylic acid groups (broad SMARTS) is 1. The Balaban J connectivity index is 0.000000431. The molecule has 0 radical (unpaired) electrons. The molecule has 1 saturated heterocycles. The summed E-state index contributed by atoms with van der Waals surface area (Å²) in [4.78, 5) is 29.7. The average molecular weight is 397 g/mol. The van der Waals surface area contributed by atoms with Crippen LogP contribution in [0.1, 0.15) is 31.3 Å². The van der Waals surface area contributed by atoms with Gasteiger partial charge in [-0.05, 0) is 39.3 Å². The smallest absolute Gasteiger partial charge is 0.352 e. The number of carbonyl (C=O) groups excluding carboxylic acids is 1. The number of nitrogens with zero attached hydrogens (tertiary/aromatic N) is 2. The second-order valence-electron chi connectivity index (χ2n) is 7.12. The van der Waals surface area contributed by atoms with E-state index in [9.17, 15) is 14.7 Å². The lowest BCUT2D eigenvalue weighted by molar-refractivity contribution is -0.147. The highest BCUT2D eigenvalue weighted by molar-refractivity contribution is 8.00. The van der Waals surface area contributed by atoms with Crippen molar-refractivity contribution in [2.45, 2.75) is 44.6 Å². The molecule has 1 amide bonds. The number of aryl methyl sites for hydroxylation is 1. The molecule has 3 rings (SSSR count). The van der Waals surface area contributed by atoms with Gasteiger partial charge in [0.15, 0.2) is 0 Å².